The van der Waals surface area contributed by atoms with Gasteiger partial charge in [-0.25, -0.2) is 8.78 Å². The standard InChI is InChI=1S/C20H20F2O3/c1-2-24-20(23)16-11-15(16)8-14-9-17(21)19(18(22)10-14)25-12-13-6-4-3-5-7-13/h3-7,9-10,15-16H,2,8,11-12H2,1H3. The molecule has 0 aromatic heterocycles. The van der Waals surface area contributed by atoms with Crippen LogP contribution in [0, 0.1) is 23.5 Å². The predicted octanol–water partition coefficient (Wildman–Crippen LogP) is 4.29. The molecule has 132 valence electrons. The number of rotatable bonds is 7. The molecule has 2 unspecified atom stereocenters. The Labute approximate surface area is 145 Å². The summed E-state index contributed by atoms with van der Waals surface area (Å²) in [6.07, 6.45) is 1.16. The summed E-state index contributed by atoms with van der Waals surface area (Å²) in [5.41, 5.74) is 1.36. The summed E-state index contributed by atoms with van der Waals surface area (Å²) in [6, 6.07) is 11.8. The van der Waals surface area contributed by atoms with Gasteiger partial charge in [0, 0.05) is 0 Å². The fourth-order valence-electron chi connectivity index (χ4n) is 2.91. The molecule has 25 heavy (non-hydrogen) atoms. The van der Waals surface area contributed by atoms with Crippen molar-refractivity contribution in [1.82, 2.24) is 0 Å². The zero-order valence-corrected chi connectivity index (χ0v) is 14.0. The van der Waals surface area contributed by atoms with E-state index in [0.717, 1.165) is 5.56 Å². The number of benzene rings is 2. The minimum Gasteiger partial charge on any atom is -0.483 e. The molecule has 0 spiro atoms. The lowest BCUT2D eigenvalue weighted by atomic mass is 10.1. The second-order valence-electron chi connectivity index (χ2n) is 6.22. The first-order chi connectivity index (χ1) is 12.1. The first-order valence-corrected chi connectivity index (χ1v) is 8.39. The zero-order valence-electron chi connectivity index (χ0n) is 14.0. The number of hydrogen-bond acceptors (Lipinski definition) is 3. The van der Waals surface area contributed by atoms with Crippen LogP contribution in [0.15, 0.2) is 42.5 Å². The molecule has 0 bridgehead atoms. The summed E-state index contributed by atoms with van der Waals surface area (Å²) in [6.45, 7) is 2.20. The average Bonchev–Trinajstić information content (AvgIpc) is 3.34. The molecule has 2 atom stereocenters. The van der Waals surface area contributed by atoms with Crippen molar-refractivity contribution < 1.29 is 23.0 Å². The van der Waals surface area contributed by atoms with Crippen LogP contribution < -0.4 is 4.74 Å². The van der Waals surface area contributed by atoms with Crippen LogP contribution in [0.3, 0.4) is 0 Å². The molecule has 3 rings (SSSR count). The van der Waals surface area contributed by atoms with Crippen molar-refractivity contribution in [3.63, 3.8) is 0 Å². The van der Waals surface area contributed by atoms with Crippen molar-refractivity contribution in [2.45, 2.75) is 26.4 Å². The van der Waals surface area contributed by atoms with Crippen molar-refractivity contribution in [2.75, 3.05) is 6.61 Å². The molecular weight excluding hydrogens is 326 g/mol. The van der Waals surface area contributed by atoms with Crippen LogP contribution >= 0.6 is 0 Å². The third kappa shape index (κ3) is 4.35. The van der Waals surface area contributed by atoms with Crippen LogP contribution in [0.1, 0.15) is 24.5 Å². The molecule has 0 radical (unpaired) electrons. The van der Waals surface area contributed by atoms with Crippen LogP contribution in [-0.4, -0.2) is 12.6 Å². The Bertz CT molecular complexity index is 723. The Morgan fingerprint density at radius 3 is 2.44 bits per heavy atom. The topological polar surface area (TPSA) is 35.5 Å². The highest BCUT2D eigenvalue weighted by Crippen LogP contribution is 2.42. The van der Waals surface area contributed by atoms with E-state index in [2.05, 4.69) is 0 Å². The van der Waals surface area contributed by atoms with Gasteiger partial charge >= 0.3 is 5.97 Å². The SMILES string of the molecule is CCOC(=O)C1CC1Cc1cc(F)c(OCc2ccccc2)c(F)c1. The summed E-state index contributed by atoms with van der Waals surface area (Å²) in [5, 5.41) is 0. The monoisotopic (exact) mass is 346 g/mol. The van der Waals surface area contributed by atoms with E-state index >= 15 is 0 Å². The van der Waals surface area contributed by atoms with Gasteiger partial charge in [-0.3, -0.25) is 4.79 Å². The maximum atomic E-state index is 14.2. The molecule has 0 amide bonds. The quantitative estimate of drug-likeness (QED) is 0.702. The van der Waals surface area contributed by atoms with E-state index in [-0.39, 0.29) is 30.2 Å². The molecule has 0 aliphatic heterocycles. The minimum absolute atomic E-state index is 0.0916. The van der Waals surface area contributed by atoms with Crippen molar-refractivity contribution in [1.29, 1.82) is 0 Å². The summed E-state index contributed by atoms with van der Waals surface area (Å²) >= 11 is 0. The van der Waals surface area contributed by atoms with Gasteiger partial charge < -0.3 is 9.47 Å². The molecule has 5 heteroatoms. The Kier molecular flexibility index (Phi) is 5.31. The molecule has 1 aliphatic carbocycles. The Morgan fingerprint density at radius 2 is 1.80 bits per heavy atom. The number of halogens is 2. The normalized spacial score (nSPS) is 18.7. The van der Waals surface area contributed by atoms with Gasteiger partial charge in [0.05, 0.1) is 12.5 Å². The van der Waals surface area contributed by atoms with Crippen LogP contribution in [-0.2, 0) is 22.6 Å². The van der Waals surface area contributed by atoms with Crippen molar-refractivity contribution in [2.24, 2.45) is 11.8 Å². The van der Waals surface area contributed by atoms with E-state index in [1.807, 2.05) is 30.3 Å². The zero-order chi connectivity index (χ0) is 17.8. The number of carbonyl (C=O) groups is 1. The lowest BCUT2D eigenvalue weighted by Crippen LogP contribution is -2.08. The molecular formula is C20H20F2O3. The Hall–Kier alpha value is -2.43. The molecule has 3 nitrogen and oxygen atoms in total. The van der Waals surface area contributed by atoms with Gasteiger partial charge in [-0.1, -0.05) is 30.3 Å². The Morgan fingerprint density at radius 1 is 1.12 bits per heavy atom. The van der Waals surface area contributed by atoms with Crippen LogP contribution in [0.2, 0.25) is 0 Å². The number of ether oxygens (including phenoxy) is 2. The summed E-state index contributed by atoms with van der Waals surface area (Å²) < 4.78 is 38.7. The van der Waals surface area contributed by atoms with E-state index in [1.54, 1.807) is 6.92 Å². The first kappa shape index (κ1) is 17.4. The maximum absolute atomic E-state index is 14.2. The molecule has 2 aromatic carbocycles. The lowest BCUT2D eigenvalue weighted by Gasteiger charge is -2.10. The van der Waals surface area contributed by atoms with Gasteiger partial charge in [0.2, 0.25) is 0 Å². The van der Waals surface area contributed by atoms with E-state index < -0.39 is 11.6 Å². The molecule has 1 saturated carbocycles. The highest BCUT2D eigenvalue weighted by Gasteiger charge is 2.44. The van der Waals surface area contributed by atoms with E-state index in [1.165, 1.54) is 12.1 Å². The number of esters is 1. The highest BCUT2D eigenvalue weighted by molar-refractivity contribution is 5.75. The van der Waals surface area contributed by atoms with E-state index in [9.17, 15) is 13.6 Å². The summed E-state index contributed by atoms with van der Waals surface area (Å²) in [5.74, 6) is -2.10. The molecule has 0 saturated heterocycles. The Balaban J connectivity index is 1.62. The molecule has 1 aliphatic rings. The van der Waals surface area contributed by atoms with Crippen LogP contribution in [0.5, 0.6) is 5.75 Å². The van der Waals surface area contributed by atoms with Gasteiger partial charge in [-0.05, 0) is 48.9 Å². The van der Waals surface area contributed by atoms with Crippen molar-refractivity contribution in [3.05, 3.63) is 65.2 Å². The highest BCUT2D eigenvalue weighted by atomic mass is 19.1. The number of hydrogen-bond donors (Lipinski definition) is 0. The minimum atomic E-state index is -0.723. The lowest BCUT2D eigenvalue weighted by molar-refractivity contribution is -0.145. The van der Waals surface area contributed by atoms with Crippen molar-refractivity contribution in [3.8, 4) is 5.75 Å². The summed E-state index contributed by atoms with van der Waals surface area (Å²) in [4.78, 5) is 11.6. The molecule has 0 N–H and O–H groups in total. The van der Waals surface area contributed by atoms with Gasteiger partial charge in [0.1, 0.15) is 6.61 Å². The first-order valence-electron chi connectivity index (χ1n) is 8.39. The van der Waals surface area contributed by atoms with Gasteiger partial charge in [-0.2, -0.15) is 0 Å². The number of carbonyl (C=O) groups excluding carboxylic acids is 1. The van der Waals surface area contributed by atoms with Crippen LogP contribution in [0.25, 0.3) is 0 Å². The fraction of sp³-hybridized carbons (Fsp3) is 0.350. The molecule has 2 aromatic rings. The van der Waals surface area contributed by atoms with E-state index in [4.69, 9.17) is 9.47 Å². The average molecular weight is 346 g/mol. The fourth-order valence-corrected chi connectivity index (χ4v) is 2.91. The second-order valence-corrected chi connectivity index (χ2v) is 6.22. The third-order valence-corrected chi connectivity index (χ3v) is 4.29. The van der Waals surface area contributed by atoms with Crippen LogP contribution in [0.4, 0.5) is 8.78 Å². The summed E-state index contributed by atoms with van der Waals surface area (Å²) in [7, 11) is 0. The third-order valence-electron chi connectivity index (χ3n) is 4.29. The van der Waals surface area contributed by atoms with Gasteiger partial charge in [0.25, 0.3) is 0 Å². The predicted molar refractivity (Wildman–Crippen MR) is 89.1 cm³/mol. The largest absolute Gasteiger partial charge is 0.483 e. The van der Waals surface area contributed by atoms with Crippen molar-refractivity contribution >= 4 is 5.97 Å². The molecule has 1 fully saturated rings. The molecule has 0 heterocycles. The van der Waals surface area contributed by atoms with Gasteiger partial charge in [0.15, 0.2) is 17.4 Å². The maximum Gasteiger partial charge on any atom is 0.309 e. The smallest absolute Gasteiger partial charge is 0.309 e. The van der Waals surface area contributed by atoms with Gasteiger partial charge in [-0.15, -0.1) is 0 Å². The van der Waals surface area contributed by atoms with E-state index in [0.29, 0.717) is 25.0 Å². The second kappa shape index (κ2) is 7.64.